The highest BCUT2D eigenvalue weighted by atomic mass is 19.1. The van der Waals surface area contributed by atoms with Crippen molar-refractivity contribution in [1.29, 1.82) is 10.5 Å². The van der Waals surface area contributed by atoms with E-state index in [2.05, 4.69) is 11.1 Å². The van der Waals surface area contributed by atoms with E-state index in [0.29, 0.717) is 58.4 Å². The summed E-state index contributed by atoms with van der Waals surface area (Å²) in [7, 11) is 0. The molecule has 0 amide bonds. The number of piperidine rings is 1. The van der Waals surface area contributed by atoms with Crippen molar-refractivity contribution in [2.24, 2.45) is 11.7 Å². The Labute approximate surface area is 206 Å². The van der Waals surface area contributed by atoms with E-state index in [1.807, 2.05) is 17.0 Å². The van der Waals surface area contributed by atoms with Gasteiger partial charge in [-0.3, -0.25) is 4.98 Å². The van der Waals surface area contributed by atoms with E-state index in [1.165, 1.54) is 18.2 Å². The summed E-state index contributed by atoms with van der Waals surface area (Å²) in [6.07, 6.45) is 2.15. The van der Waals surface area contributed by atoms with Crippen LogP contribution in [0.3, 0.4) is 0 Å². The van der Waals surface area contributed by atoms with E-state index < -0.39 is 17.6 Å². The second kappa shape index (κ2) is 9.26. The third kappa shape index (κ3) is 4.08. The number of pyridine rings is 1. The van der Waals surface area contributed by atoms with Crippen LogP contribution in [0.2, 0.25) is 0 Å². The molecule has 1 aromatic heterocycles. The molecule has 6 nitrogen and oxygen atoms in total. The third-order valence-corrected chi connectivity index (χ3v) is 6.63. The van der Waals surface area contributed by atoms with Crippen LogP contribution in [0.5, 0.6) is 5.75 Å². The molecule has 0 spiro atoms. The van der Waals surface area contributed by atoms with E-state index in [0.717, 1.165) is 6.07 Å². The number of nitrogens with two attached hydrogens (primary N) is 1. The highest BCUT2D eigenvalue weighted by Gasteiger charge is 2.29. The molecule has 0 saturated carbocycles. The molecule has 5 rings (SSSR count). The van der Waals surface area contributed by atoms with Crippen LogP contribution in [0, 0.1) is 40.2 Å². The zero-order valence-electron chi connectivity index (χ0n) is 19.1. The third-order valence-electron chi connectivity index (χ3n) is 6.63. The lowest BCUT2D eigenvalue weighted by Crippen LogP contribution is -2.46. The Bertz CT molecular complexity index is 1550. The van der Waals surface area contributed by atoms with Gasteiger partial charge in [-0.25, -0.2) is 8.78 Å². The fraction of sp³-hybridized carbons (Fsp3) is 0.179. The lowest BCUT2D eigenvalue weighted by atomic mass is 9.91. The number of nitrogens with zero attached hydrogens (tertiary/aromatic N) is 4. The van der Waals surface area contributed by atoms with Crippen LogP contribution in [-0.2, 0) is 0 Å². The van der Waals surface area contributed by atoms with Gasteiger partial charge in [-0.1, -0.05) is 18.2 Å². The van der Waals surface area contributed by atoms with Crippen molar-refractivity contribution in [1.82, 2.24) is 4.98 Å². The van der Waals surface area contributed by atoms with Gasteiger partial charge in [0.05, 0.1) is 28.8 Å². The van der Waals surface area contributed by atoms with Crippen LogP contribution < -0.4 is 10.6 Å². The zero-order valence-corrected chi connectivity index (χ0v) is 19.1. The molecule has 3 aromatic carbocycles. The van der Waals surface area contributed by atoms with Crippen molar-refractivity contribution < 1.29 is 13.9 Å². The first-order valence-corrected chi connectivity index (χ1v) is 11.4. The largest absolute Gasteiger partial charge is 0.506 e. The number of aromatic nitrogens is 1. The SMILES string of the molecule is N#Cc1cccc(-c2ccc3ncc(-c4cc(F)cc(F)c4)c(N4CCC(N)C(C#N)C4)c3c2)c1O. The predicted octanol–water partition coefficient (Wildman–Crippen LogP) is 5.10. The molecule has 2 heterocycles. The maximum atomic E-state index is 14.2. The number of hydrogen-bond donors (Lipinski definition) is 2. The van der Waals surface area contributed by atoms with Crippen molar-refractivity contribution in [2.45, 2.75) is 12.5 Å². The molecule has 1 aliphatic heterocycles. The smallest absolute Gasteiger partial charge is 0.141 e. The maximum Gasteiger partial charge on any atom is 0.141 e. The molecular formula is C28H21F2N5O. The number of phenols is 1. The van der Waals surface area contributed by atoms with E-state index in [4.69, 9.17) is 5.73 Å². The lowest BCUT2D eigenvalue weighted by molar-refractivity contribution is 0.425. The Kier molecular flexibility index (Phi) is 5.97. The van der Waals surface area contributed by atoms with Crippen molar-refractivity contribution in [3.63, 3.8) is 0 Å². The predicted molar refractivity (Wildman–Crippen MR) is 133 cm³/mol. The van der Waals surface area contributed by atoms with Gasteiger partial charge in [0.25, 0.3) is 0 Å². The van der Waals surface area contributed by atoms with E-state index in [1.54, 1.807) is 30.5 Å². The summed E-state index contributed by atoms with van der Waals surface area (Å²) in [6, 6.07) is 17.6. The van der Waals surface area contributed by atoms with Crippen LogP contribution in [-0.4, -0.2) is 29.2 Å². The van der Waals surface area contributed by atoms with Gasteiger partial charge in [-0.2, -0.15) is 10.5 Å². The monoisotopic (exact) mass is 481 g/mol. The van der Waals surface area contributed by atoms with Crippen molar-refractivity contribution in [2.75, 3.05) is 18.0 Å². The maximum absolute atomic E-state index is 14.2. The first-order chi connectivity index (χ1) is 17.4. The molecule has 2 unspecified atom stereocenters. The first kappa shape index (κ1) is 23.2. The summed E-state index contributed by atoms with van der Waals surface area (Å²) in [6.45, 7) is 0.892. The highest BCUT2D eigenvalue weighted by Crippen LogP contribution is 2.41. The minimum atomic E-state index is -0.710. The number of hydrogen-bond acceptors (Lipinski definition) is 6. The fourth-order valence-electron chi connectivity index (χ4n) is 4.78. The Hall–Kier alpha value is -4.53. The Morgan fingerprint density at radius 2 is 1.78 bits per heavy atom. The lowest BCUT2D eigenvalue weighted by Gasteiger charge is -2.37. The Morgan fingerprint density at radius 1 is 1.00 bits per heavy atom. The number of halogens is 2. The molecule has 1 saturated heterocycles. The second-order valence-electron chi connectivity index (χ2n) is 8.86. The van der Waals surface area contributed by atoms with E-state index in [-0.39, 0.29) is 17.4 Å². The standard InChI is InChI=1S/C28H21F2N5O/c29-20-8-18(9-21(30)11-20)24-14-34-26-5-4-16(22-3-1-2-17(12-31)28(22)36)10-23(26)27(24)35-7-6-25(33)19(13-32)15-35/h1-5,8-11,14,19,25,36H,6-7,15,33H2. The van der Waals surface area contributed by atoms with Gasteiger partial charge in [0, 0.05) is 47.9 Å². The summed E-state index contributed by atoms with van der Waals surface area (Å²) in [4.78, 5) is 6.55. The van der Waals surface area contributed by atoms with Crippen LogP contribution in [0.25, 0.3) is 33.2 Å². The molecule has 36 heavy (non-hydrogen) atoms. The molecule has 1 fully saturated rings. The molecule has 3 N–H and O–H groups in total. The molecule has 0 bridgehead atoms. The summed E-state index contributed by atoms with van der Waals surface area (Å²) < 4.78 is 28.4. The quantitative estimate of drug-likeness (QED) is 0.421. The van der Waals surface area contributed by atoms with Crippen molar-refractivity contribution in [3.8, 4) is 40.1 Å². The van der Waals surface area contributed by atoms with Crippen molar-refractivity contribution >= 4 is 16.6 Å². The van der Waals surface area contributed by atoms with Gasteiger partial charge in [-0.15, -0.1) is 0 Å². The number of anilines is 1. The topological polar surface area (TPSA) is 110 Å². The molecular weight excluding hydrogens is 460 g/mol. The van der Waals surface area contributed by atoms with Gasteiger partial charge >= 0.3 is 0 Å². The van der Waals surface area contributed by atoms with E-state index in [9.17, 15) is 24.4 Å². The number of nitriles is 2. The Morgan fingerprint density at radius 3 is 2.50 bits per heavy atom. The normalized spacial score (nSPS) is 17.5. The summed E-state index contributed by atoms with van der Waals surface area (Å²) >= 11 is 0. The molecule has 0 radical (unpaired) electrons. The van der Waals surface area contributed by atoms with Crippen LogP contribution in [0.15, 0.2) is 60.8 Å². The minimum Gasteiger partial charge on any atom is -0.506 e. The van der Waals surface area contributed by atoms with E-state index >= 15 is 0 Å². The average Bonchev–Trinajstić information content (AvgIpc) is 2.87. The molecule has 4 aromatic rings. The average molecular weight is 482 g/mol. The number of fused-ring (bicyclic) bond motifs is 1. The first-order valence-electron chi connectivity index (χ1n) is 11.4. The number of aromatic hydroxyl groups is 1. The molecule has 178 valence electrons. The number of para-hydroxylation sites is 1. The summed E-state index contributed by atoms with van der Waals surface area (Å²) in [5.74, 6) is -1.97. The van der Waals surface area contributed by atoms with Gasteiger partial charge < -0.3 is 15.7 Å². The highest BCUT2D eigenvalue weighted by molar-refractivity contribution is 6.02. The van der Waals surface area contributed by atoms with Gasteiger partial charge in [0.15, 0.2) is 0 Å². The number of benzene rings is 3. The van der Waals surface area contributed by atoms with Gasteiger partial charge in [0.2, 0.25) is 0 Å². The van der Waals surface area contributed by atoms with Gasteiger partial charge in [0.1, 0.15) is 23.5 Å². The number of phenolic OH excluding ortho intramolecular Hbond substituents is 1. The molecule has 0 aliphatic carbocycles. The minimum absolute atomic E-state index is 0.134. The van der Waals surface area contributed by atoms with Crippen LogP contribution in [0.1, 0.15) is 12.0 Å². The summed E-state index contributed by atoms with van der Waals surface area (Å²) in [5, 5.41) is 30.3. The van der Waals surface area contributed by atoms with Crippen LogP contribution in [0.4, 0.5) is 14.5 Å². The Balaban J connectivity index is 1.77. The van der Waals surface area contributed by atoms with Crippen molar-refractivity contribution in [3.05, 3.63) is 78.0 Å². The second-order valence-corrected chi connectivity index (χ2v) is 8.86. The van der Waals surface area contributed by atoms with Gasteiger partial charge in [-0.05, 0) is 47.9 Å². The fourth-order valence-corrected chi connectivity index (χ4v) is 4.78. The van der Waals surface area contributed by atoms with Crippen LogP contribution >= 0.6 is 0 Å². The molecule has 1 aliphatic rings. The number of rotatable bonds is 3. The molecule has 8 heteroatoms. The molecule has 2 atom stereocenters. The zero-order chi connectivity index (χ0) is 25.4. The summed E-state index contributed by atoms with van der Waals surface area (Å²) in [5.41, 5.74) is 9.57.